The topological polar surface area (TPSA) is 145 Å². The summed E-state index contributed by atoms with van der Waals surface area (Å²) in [6, 6.07) is 2.93. The van der Waals surface area contributed by atoms with Crippen molar-refractivity contribution in [1.82, 2.24) is 35.4 Å². The lowest BCUT2D eigenvalue weighted by atomic mass is 9.96. The molecule has 2 aromatic heterocycles. The number of rotatable bonds is 8. The maximum absolute atomic E-state index is 14.9. The number of aryl methyl sites for hydroxylation is 1. The van der Waals surface area contributed by atoms with Crippen molar-refractivity contribution in [3.05, 3.63) is 41.9 Å². The van der Waals surface area contributed by atoms with Crippen LogP contribution in [0.2, 0.25) is 0 Å². The van der Waals surface area contributed by atoms with Gasteiger partial charge >= 0.3 is 12.2 Å². The summed E-state index contributed by atoms with van der Waals surface area (Å²) in [6.45, 7) is 6.18. The Morgan fingerprint density at radius 3 is 2.81 bits per heavy atom. The number of amides is 2. The molecular formula is C24H30FN7O5. The van der Waals surface area contributed by atoms with Gasteiger partial charge in [0.2, 0.25) is 5.82 Å². The first-order valence-corrected chi connectivity index (χ1v) is 12.0. The zero-order chi connectivity index (χ0) is 26.6. The van der Waals surface area contributed by atoms with Crippen molar-refractivity contribution >= 4 is 17.8 Å². The summed E-state index contributed by atoms with van der Waals surface area (Å²) in [5.74, 6) is -0.0438. The van der Waals surface area contributed by atoms with Gasteiger partial charge in [0.15, 0.2) is 0 Å². The van der Waals surface area contributed by atoms with Crippen LogP contribution in [-0.2, 0) is 16.0 Å². The molecule has 2 atom stereocenters. The molecule has 198 valence electrons. The molecule has 3 heterocycles. The number of ether oxygens (including phenoxy) is 2. The second-order valence-electron chi connectivity index (χ2n) is 9.71. The van der Waals surface area contributed by atoms with Crippen LogP contribution in [0.3, 0.4) is 0 Å². The largest absolute Gasteiger partial charge is 0.444 e. The zero-order valence-electron chi connectivity index (χ0n) is 20.9. The lowest BCUT2D eigenvalue weighted by Crippen LogP contribution is -2.36. The number of hydrogen-bond donors (Lipinski definition) is 2. The van der Waals surface area contributed by atoms with Crippen molar-refractivity contribution in [3.63, 3.8) is 0 Å². The van der Waals surface area contributed by atoms with Crippen LogP contribution in [0, 0.1) is 0 Å². The number of aliphatic hydroxyl groups excluding tert-OH is 1. The second kappa shape index (κ2) is 11.0. The number of halogens is 1. The molecule has 0 radical (unpaired) electrons. The Morgan fingerprint density at radius 2 is 2.16 bits per heavy atom. The normalized spacial score (nSPS) is 19.8. The third-order valence-corrected chi connectivity index (χ3v) is 5.63. The van der Waals surface area contributed by atoms with Crippen LogP contribution >= 0.6 is 0 Å². The molecule has 37 heavy (non-hydrogen) atoms. The lowest BCUT2D eigenvalue weighted by molar-refractivity contribution is 0.0526. The Balaban J connectivity index is 1.31. The third-order valence-electron chi connectivity index (χ3n) is 5.63. The van der Waals surface area contributed by atoms with Crippen LogP contribution in [0.25, 0.3) is 17.1 Å². The molecule has 1 unspecified atom stereocenters. The number of nitrogens with zero attached hydrogens (tertiary/aromatic N) is 6. The first-order chi connectivity index (χ1) is 17.6. The molecule has 2 N–H and O–H groups in total. The standard InChI is InChI=1S/C24H30FN7O5/c1-24(2,3)37-22(34)26-9-4-10-32-29-21(28-30-32)20-8-5-15(12-27-20)18-7-6-16(11-19(18)25)31-13-17(14-33)36-23(31)35/h5-8,12,16-17,33H,4,9-11,13-14H2,1-3H3,(H,26,34)/t16?,17-/m1/s1. The van der Waals surface area contributed by atoms with E-state index in [-0.39, 0.29) is 25.4 Å². The molecule has 0 aromatic carbocycles. The second-order valence-corrected chi connectivity index (χ2v) is 9.71. The van der Waals surface area contributed by atoms with Gasteiger partial charge in [-0.1, -0.05) is 18.2 Å². The Labute approximate surface area is 213 Å². The van der Waals surface area contributed by atoms with E-state index in [0.29, 0.717) is 42.2 Å². The van der Waals surface area contributed by atoms with Gasteiger partial charge in [0, 0.05) is 30.3 Å². The van der Waals surface area contributed by atoms with Crippen LogP contribution in [-0.4, -0.2) is 84.8 Å². The van der Waals surface area contributed by atoms with Gasteiger partial charge in [-0.3, -0.25) is 9.88 Å². The molecule has 12 nitrogen and oxygen atoms in total. The van der Waals surface area contributed by atoms with Gasteiger partial charge in [-0.05, 0) is 38.5 Å². The van der Waals surface area contributed by atoms with E-state index >= 15 is 0 Å². The highest BCUT2D eigenvalue weighted by Crippen LogP contribution is 2.32. The third kappa shape index (κ3) is 6.67. The monoisotopic (exact) mass is 515 g/mol. The van der Waals surface area contributed by atoms with Gasteiger partial charge in [-0.25, -0.2) is 14.0 Å². The predicted molar refractivity (Wildman–Crippen MR) is 130 cm³/mol. The number of alkyl carbamates (subject to hydrolysis) is 1. The van der Waals surface area contributed by atoms with Crippen molar-refractivity contribution < 1.29 is 28.6 Å². The average Bonchev–Trinajstić information content (AvgIpc) is 3.47. The summed E-state index contributed by atoms with van der Waals surface area (Å²) in [7, 11) is 0. The van der Waals surface area contributed by atoms with E-state index in [2.05, 4.69) is 25.7 Å². The summed E-state index contributed by atoms with van der Waals surface area (Å²) in [6.07, 6.45) is 3.87. The van der Waals surface area contributed by atoms with Crippen LogP contribution in [0.5, 0.6) is 0 Å². The van der Waals surface area contributed by atoms with E-state index in [1.54, 1.807) is 45.1 Å². The van der Waals surface area contributed by atoms with Gasteiger partial charge in [-0.15, -0.1) is 10.2 Å². The SMILES string of the molecule is CC(C)(C)OC(=O)NCCCn1nnc(-c2ccc(C3=C(F)CC(N4C[C@H](CO)OC4=O)C=C3)cn2)n1. The molecule has 13 heteroatoms. The maximum atomic E-state index is 14.9. The number of aromatic nitrogens is 5. The zero-order valence-corrected chi connectivity index (χ0v) is 20.9. The van der Waals surface area contributed by atoms with Crippen molar-refractivity contribution in [1.29, 1.82) is 0 Å². The number of aliphatic hydroxyl groups is 1. The fourth-order valence-corrected chi connectivity index (χ4v) is 3.88. The average molecular weight is 516 g/mol. The number of tetrazole rings is 1. The minimum absolute atomic E-state index is 0.0134. The van der Waals surface area contributed by atoms with Crippen LogP contribution in [0.4, 0.5) is 14.0 Å². The van der Waals surface area contributed by atoms with Crippen molar-refractivity contribution in [2.24, 2.45) is 0 Å². The van der Waals surface area contributed by atoms with Crippen LogP contribution < -0.4 is 5.32 Å². The number of allylic oxidation sites excluding steroid dienone is 2. The first-order valence-electron chi connectivity index (χ1n) is 12.0. The van der Waals surface area contributed by atoms with E-state index in [4.69, 9.17) is 9.47 Å². The number of pyridine rings is 1. The van der Waals surface area contributed by atoms with Gasteiger partial charge in [-0.2, -0.15) is 4.80 Å². The highest BCUT2D eigenvalue weighted by atomic mass is 19.1. The van der Waals surface area contributed by atoms with Gasteiger partial charge in [0.1, 0.15) is 23.2 Å². The Bertz CT molecular complexity index is 1190. The summed E-state index contributed by atoms with van der Waals surface area (Å²) >= 11 is 0. The molecule has 0 bridgehead atoms. The molecule has 2 aliphatic rings. The summed E-state index contributed by atoms with van der Waals surface area (Å²) in [5.41, 5.74) is 0.890. The van der Waals surface area contributed by atoms with E-state index in [1.165, 1.54) is 15.9 Å². The highest BCUT2D eigenvalue weighted by molar-refractivity contribution is 5.78. The van der Waals surface area contributed by atoms with Crippen molar-refractivity contribution in [2.45, 2.75) is 57.9 Å². The Kier molecular flexibility index (Phi) is 7.81. The smallest absolute Gasteiger partial charge is 0.410 e. The molecule has 1 aliphatic heterocycles. The Hall–Kier alpha value is -3.87. The van der Waals surface area contributed by atoms with Crippen molar-refractivity contribution in [3.8, 4) is 11.5 Å². The number of nitrogens with one attached hydrogen (secondary N) is 1. The first kappa shape index (κ1) is 26.2. The molecule has 0 saturated carbocycles. The molecule has 2 aromatic rings. The maximum Gasteiger partial charge on any atom is 0.410 e. The minimum Gasteiger partial charge on any atom is -0.444 e. The van der Waals surface area contributed by atoms with E-state index in [9.17, 15) is 19.1 Å². The number of carbonyl (C=O) groups excluding carboxylic acids is 2. The molecule has 1 saturated heterocycles. The number of carbonyl (C=O) groups is 2. The fourth-order valence-electron chi connectivity index (χ4n) is 3.88. The predicted octanol–water partition coefficient (Wildman–Crippen LogP) is 2.47. The molecule has 2 amide bonds. The quantitative estimate of drug-likeness (QED) is 0.507. The summed E-state index contributed by atoms with van der Waals surface area (Å²) in [4.78, 5) is 30.9. The Morgan fingerprint density at radius 1 is 1.35 bits per heavy atom. The van der Waals surface area contributed by atoms with Gasteiger partial charge in [0.05, 0.1) is 25.7 Å². The van der Waals surface area contributed by atoms with E-state index in [1.807, 2.05) is 0 Å². The minimum atomic E-state index is -0.591. The van der Waals surface area contributed by atoms with Gasteiger partial charge in [0.25, 0.3) is 0 Å². The highest BCUT2D eigenvalue weighted by Gasteiger charge is 2.36. The van der Waals surface area contributed by atoms with Gasteiger partial charge < -0.3 is 19.9 Å². The number of hydrogen-bond acceptors (Lipinski definition) is 9. The fraction of sp³-hybridized carbons (Fsp3) is 0.500. The summed E-state index contributed by atoms with van der Waals surface area (Å²) in [5, 5.41) is 24.2. The summed E-state index contributed by atoms with van der Waals surface area (Å²) < 4.78 is 25.2. The van der Waals surface area contributed by atoms with E-state index < -0.39 is 29.9 Å². The molecule has 0 spiro atoms. The van der Waals surface area contributed by atoms with E-state index in [0.717, 1.165) is 0 Å². The van der Waals surface area contributed by atoms with Crippen LogP contribution in [0.1, 0.15) is 39.2 Å². The molecule has 1 fully saturated rings. The molecular weight excluding hydrogens is 485 g/mol. The van der Waals surface area contributed by atoms with Crippen LogP contribution in [0.15, 0.2) is 36.3 Å². The number of cyclic esters (lactones) is 1. The molecule has 4 rings (SSSR count). The molecule has 1 aliphatic carbocycles. The lowest BCUT2D eigenvalue weighted by Gasteiger charge is -2.25. The van der Waals surface area contributed by atoms with Crippen molar-refractivity contribution in [2.75, 3.05) is 19.7 Å².